The van der Waals surface area contributed by atoms with Gasteiger partial charge in [0.15, 0.2) is 0 Å². The van der Waals surface area contributed by atoms with Gasteiger partial charge in [-0.15, -0.1) is 0 Å². The van der Waals surface area contributed by atoms with Gasteiger partial charge >= 0.3 is 0 Å². The third-order valence-corrected chi connectivity index (χ3v) is 9.18. The average molecular weight is 619 g/mol. The number of nitrogens with zero attached hydrogens (tertiary/aromatic N) is 2. The fourth-order valence-corrected chi connectivity index (χ4v) is 6.30. The standard InChI is InChI=1S/C31H37Cl2N3O4S/c1-6-14-34-31(38)29(7-2)35(19-24-10-13-27(32)28(33)18-24)30(37)20-36(25-16-22(4)15-23(5)17-25)41(39,40)26-11-8-21(3)9-12-26/h8-13,15-18,29H,6-7,14,19-20H2,1-5H3,(H,34,38). The molecule has 0 saturated heterocycles. The topological polar surface area (TPSA) is 86.8 Å². The van der Waals surface area contributed by atoms with E-state index in [2.05, 4.69) is 5.32 Å². The van der Waals surface area contributed by atoms with Crippen LogP contribution in [0.5, 0.6) is 0 Å². The van der Waals surface area contributed by atoms with Crippen LogP contribution in [0.2, 0.25) is 10.0 Å². The summed E-state index contributed by atoms with van der Waals surface area (Å²) in [5, 5.41) is 3.56. The van der Waals surface area contributed by atoms with E-state index in [9.17, 15) is 18.0 Å². The summed E-state index contributed by atoms with van der Waals surface area (Å²) in [7, 11) is -4.14. The van der Waals surface area contributed by atoms with E-state index in [1.807, 2.05) is 40.7 Å². The lowest BCUT2D eigenvalue weighted by Gasteiger charge is -2.33. The predicted octanol–water partition coefficient (Wildman–Crippen LogP) is 6.45. The van der Waals surface area contributed by atoms with Crippen LogP contribution in [0.25, 0.3) is 0 Å². The van der Waals surface area contributed by atoms with Crippen molar-refractivity contribution in [2.75, 3.05) is 17.4 Å². The molecule has 0 aliphatic heterocycles. The normalized spacial score (nSPS) is 12.1. The first-order chi connectivity index (χ1) is 19.4. The third kappa shape index (κ3) is 8.24. The van der Waals surface area contributed by atoms with Crippen LogP contribution in [0, 0.1) is 20.8 Å². The molecular formula is C31H37Cl2N3O4S. The van der Waals surface area contributed by atoms with Gasteiger partial charge < -0.3 is 10.2 Å². The maximum absolute atomic E-state index is 14.1. The Kier molecular flexibility index (Phi) is 11.2. The smallest absolute Gasteiger partial charge is 0.264 e. The molecule has 0 fully saturated rings. The number of amides is 2. The molecule has 0 bridgehead atoms. The molecule has 10 heteroatoms. The predicted molar refractivity (Wildman–Crippen MR) is 166 cm³/mol. The molecular weight excluding hydrogens is 581 g/mol. The number of hydrogen-bond donors (Lipinski definition) is 1. The summed E-state index contributed by atoms with van der Waals surface area (Å²) in [5.74, 6) is -0.827. The molecule has 0 saturated carbocycles. The van der Waals surface area contributed by atoms with Crippen molar-refractivity contribution in [3.8, 4) is 0 Å². The lowest BCUT2D eigenvalue weighted by Crippen LogP contribution is -2.52. The van der Waals surface area contributed by atoms with Gasteiger partial charge in [0, 0.05) is 13.1 Å². The molecule has 3 aromatic carbocycles. The lowest BCUT2D eigenvalue weighted by molar-refractivity contribution is -0.140. The number of aryl methyl sites for hydroxylation is 3. The van der Waals surface area contributed by atoms with Crippen LogP contribution >= 0.6 is 23.2 Å². The number of sulfonamides is 1. The van der Waals surface area contributed by atoms with Crippen LogP contribution in [-0.2, 0) is 26.2 Å². The molecule has 0 radical (unpaired) electrons. The maximum atomic E-state index is 14.1. The minimum absolute atomic E-state index is 0.0407. The number of nitrogens with one attached hydrogen (secondary N) is 1. The fourth-order valence-electron chi connectivity index (χ4n) is 4.58. The third-order valence-electron chi connectivity index (χ3n) is 6.65. The van der Waals surface area contributed by atoms with Crippen LogP contribution in [-0.4, -0.2) is 44.3 Å². The summed E-state index contributed by atoms with van der Waals surface area (Å²) in [6.07, 6.45) is 1.06. The van der Waals surface area contributed by atoms with E-state index >= 15 is 0 Å². The van der Waals surface area contributed by atoms with Crippen molar-refractivity contribution >= 4 is 50.7 Å². The van der Waals surface area contributed by atoms with Crippen molar-refractivity contribution < 1.29 is 18.0 Å². The van der Waals surface area contributed by atoms with Gasteiger partial charge in [0.05, 0.1) is 20.6 Å². The number of rotatable bonds is 12. The van der Waals surface area contributed by atoms with Gasteiger partial charge in [0.2, 0.25) is 11.8 Å². The van der Waals surface area contributed by atoms with E-state index in [4.69, 9.17) is 23.2 Å². The zero-order valence-corrected chi connectivity index (χ0v) is 26.4. The van der Waals surface area contributed by atoms with Crippen molar-refractivity contribution in [1.82, 2.24) is 10.2 Å². The largest absolute Gasteiger partial charge is 0.354 e. The monoisotopic (exact) mass is 617 g/mol. The molecule has 7 nitrogen and oxygen atoms in total. The quantitative estimate of drug-likeness (QED) is 0.253. The van der Waals surface area contributed by atoms with Gasteiger partial charge in [0.25, 0.3) is 10.0 Å². The molecule has 41 heavy (non-hydrogen) atoms. The Hall–Kier alpha value is -3.07. The van der Waals surface area contributed by atoms with E-state index in [-0.39, 0.29) is 17.3 Å². The van der Waals surface area contributed by atoms with E-state index in [0.29, 0.717) is 34.3 Å². The van der Waals surface area contributed by atoms with Crippen molar-refractivity contribution in [1.29, 1.82) is 0 Å². The summed E-state index contributed by atoms with van der Waals surface area (Å²) < 4.78 is 29.2. The minimum Gasteiger partial charge on any atom is -0.354 e. The van der Waals surface area contributed by atoms with E-state index in [1.165, 1.54) is 17.0 Å². The zero-order valence-electron chi connectivity index (χ0n) is 24.1. The van der Waals surface area contributed by atoms with Gasteiger partial charge in [-0.2, -0.15) is 0 Å². The molecule has 1 N–H and O–H groups in total. The van der Waals surface area contributed by atoms with Crippen molar-refractivity contribution in [3.63, 3.8) is 0 Å². The first-order valence-corrected chi connectivity index (χ1v) is 15.8. The average Bonchev–Trinajstić information content (AvgIpc) is 2.91. The molecule has 0 aliphatic rings. The number of benzene rings is 3. The second-order valence-electron chi connectivity index (χ2n) is 10.2. The molecule has 0 spiro atoms. The van der Waals surface area contributed by atoms with Crippen LogP contribution in [0.15, 0.2) is 65.6 Å². The number of hydrogen-bond acceptors (Lipinski definition) is 4. The van der Waals surface area contributed by atoms with Gasteiger partial charge in [-0.25, -0.2) is 8.42 Å². The van der Waals surface area contributed by atoms with E-state index < -0.39 is 28.5 Å². The van der Waals surface area contributed by atoms with Gasteiger partial charge in [-0.3, -0.25) is 13.9 Å². The molecule has 0 aromatic heterocycles. The Morgan fingerprint density at radius 3 is 2.05 bits per heavy atom. The molecule has 2 amide bonds. The maximum Gasteiger partial charge on any atom is 0.264 e. The Morgan fingerprint density at radius 1 is 0.854 bits per heavy atom. The van der Waals surface area contributed by atoms with Crippen LogP contribution in [0.3, 0.4) is 0 Å². The highest BCUT2D eigenvalue weighted by molar-refractivity contribution is 7.92. The number of carbonyl (C=O) groups is 2. The van der Waals surface area contributed by atoms with Gasteiger partial charge in [0.1, 0.15) is 12.6 Å². The summed E-state index contributed by atoms with van der Waals surface area (Å²) in [4.78, 5) is 28.8. The molecule has 0 heterocycles. The Labute approximate surface area is 253 Å². The molecule has 1 unspecified atom stereocenters. The van der Waals surface area contributed by atoms with Crippen molar-refractivity contribution in [2.45, 2.75) is 64.9 Å². The summed E-state index contributed by atoms with van der Waals surface area (Å²) in [6, 6.07) is 16.1. The Bertz CT molecular complexity index is 1470. The van der Waals surface area contributed by atoms with Crippen LogP contribution < -0.4 is 9.62 Å². The number of anilines is 1. The first kappa shape index (κ1) is 32.4. The van der Waals surface area contributed by atoms with Gasteiger partial charge in [-0.05, 0) is 86.7 Å². The number of carbonyl (C=O) groups excluding carboxylic acids is 2. The molecule has 3 aromatic rings. The molecule has 3 rings (SSSR count). The Morgan fingerprint density at radius 2 is 1.49 bits per heavy atom. The fraction of sp³-hybridized carbons (Fsp3) is 0.355. The molecule has 220 valence electrons. The highest BCUT2D eigenvalue weighted by Crippen LogP contribution is 2.28. The van der Waals surface area contributed by atoms with Crippen LogP contribution in [0.4, 0.5) is 5.69 Å². The van der Waals surface area contributed by atoms with Gasteiger partial charge in [-0.1, -0.05) is 66.9 Å². The number of halogens is 2. The summed E-state index contributed by atoms with van der Waals surface area (Å²) in [6.45, 7) is 9.37. The SMILES string of the molecule is CCCNC(=O)C(CC)N(Cc1ccc(Cl)c(Cl)c1)C(=O)CN(c1cc(C)cc(C)c1)S(=O)(=O)c1ccc(C)cc1. The second-order valence-corrected chi connectivity index (χ2v) is 12.8. The van der Waals surface area contributed by atoms with Crippen molar-refractivity contribution in [2.24, 2.45) is 0 Å². The Balaban J connectivity index is 2.10. The summed E-state index contributed by atoms with van der Waals surface area (Å²) >= 11 is 12.4. The van der Waals surface area contributed by atoms with E-state index in [0.717, 1.165) is 27.4 Å². The van der Waals surface area contributed by atoms with E-state index in [1.54, 1.807) is 42.5 Å². The highest BCUT2D eigenvalue weighted by Gasteiger charge is 2.33. The first-order valence-electron chi connectivity index (χ1n) is 13.6. The second kappa shape index (κ2) is 14.2. The summed E-state index contributed by atoms with van der Waals surface area (Å²) in [5.41, 5.74) is 3.65. The minimum atomic E-state index is -4.14. The molecule has 1 atom stereocenters. The highest BCUT2D eigenvalue weighted by atomic mass is 35.5. The lowest BCUT2D eigenvalue weighted by atomic mass is 10.1. The van der Waals surface area contributed by atoms with Crippen LogP contribution in [0.1, 0.15) is 48.9 Å². The molecule has 0 aliphatic carbocycles. The zero-order chi connectivity index (χ0) is 30.3. The van der Waals surface area contributed by atoms with Crippen molar-refractivity contribution in [3.05, 3.63) is 93.0 Å².